The highest BCUT2D eigenvalue weighted by atomic mass is 16.5. The summed E-state index contributed by atoms with van der Waals surface area (Å²) in [6.07, 6.45) is 1.90. The zero-order chi connectivity index (χ0) is 14.6. The third-order valence-corrected chi connectivity index (χ3v) is 3.52. The molecule has 2 atom stereocenters. The predicted octanol–water partition coefficient (Wildman–Crippen LogP) is 1.21. The summed E-state index contributed by atoms with van der Waals surface area (Å²) in [5.41, 5.74) is -0.576. The minimum atomic E-state index is -0.941. The van der Waals surface area contributed by atoms with Gasteiger partial charge in [0.25, 0.3) is 0 Å². The van der Waals surface area contributed by atoms with Gasteiger partial charge in [-0.1, -0.05) is 0 Å². The van der Waals surface area contributed by atoms with Crippen LogP contribution in [-0.4, -0.2) is 47.5 Å². The Hall–Kier alpha value is -1.66. The van der Waals surface area contributed by atoms with Gasteiger partial charge < -0.3 is 19.9 Å². The molecular weight excluding hydrogens is 260 g/mol. The molecule has 6 nitrogen and oxygen atoms in total. The van der Waals surface area contributed by atoms with E-state index < -0.39 is 11.6 Å². The Morgan fingerprint density at radius 1 is 1.70 bits per heavy atom. The second-order valence-corrected chi connectivity index (χ2v) is 4.84. The van der Waals surface area contributed by atoms with Gasteiger partial charge in [0.2, 0.25) is 0 Å². The fourth-order valence-corrected chi connectivity index (χ4v) is 2.16. The molecule has 2 rings (SSSR count). The number of rotatable bonds is 5. The maximum Gasteiger partial charge on any atom is 0.341 e. The van der Waals surface area contributed by atoms with E-state index in [1.807, 2.05) is 6.92 Å². The van der Waals surface area contributed by atoms with E-state index in [2.05, 4.69) is 10.3 Å². The molecule has 2 unspecified atom stereocenters. The Balaban J connectivity index is 2.08. The van der Waals surface area contributed by atoms with Gasteiger partial charge in [0, 0.05) is 25.8 Å². The zero-order valence-electron chi connectivity index (χ0n) is 11.8. The molecule has 20 heavy (non-hydrogen) atoms. The highest BCUT2D eigenvalue weighted by Crippen LogP contribution is 2.26. The van der Waals surface area contributed by atoms with E-state index in [4.69, 9.17) is 9.47 Å². The van der Waals surface area contributed by atoms with Crippen molar-refractivity contribution in [2.45, 2.75) is 32.0 Å². The maximum absolute atomic E-state index is 11.8. The first-order valence-electron chi connectivity index (χ1n) is 6.77. The first kappa shape index (κ1) is 14.7. The molecule has 110 valence electrons. The molecule has 2 heterocycles. The van der Waals surface area contributed by atoms with Crippen molar-refractivity contribution in [1.82, 2.24) is 4.98 Å². The van der Waals surface area contributed by atoms with Crippen molar-refractivity contribution in [3.63, 3.8) is 0 Å². The highest BCUT2D eigenvalue weighted by Gasteiger charge is 2.39. The van der Waals surface area contributed by atoms with E-state index in [-0.39, 0.29) is 12.6 Å². The number of aromatic nitrogens is 1. The Morgan fingerprint density at radius 2 is 2.50 bits per heavy atom. The van der Waals surface area contributed by atoms with Gasteiger partial charge >= 0.3 is 5.97 Å². The second kappa shape index (κ2) is 6.19. The van der Waals surface area contributed by atoms with E-state index >= 15 is 0 Å². The molecule has 0 aromatic carbocycles. The van der Waals surface area contributed by atoms with Gasteiger partial charge in [-0.2, -0.15) is 0 Å². The van der Waals surface area contributed by atoms with Crippen molar-refractivity contribution in [2.24, 2.45) is 0 Å². The molecule has 0 amide bonds. The van der Waals surface area contributed by atoms with Crippen LogP contribution in [0, 0.1) is 0 Å². The van der Waals surface area contributed by atoms with Crippen molar-refractivity contribution >= 4 is 11.8 Å². The van der Waals surface area contributed by atoms with E-state index in [0.29, 0.717) is 31.0 Å². The average Bonchev–Trinajstić information content (AvgIpc) is 2.77. The van der Waals surface area contributed by atoms with Crippen molar-refractivity contribution < 1.29 is 19.4 Å². The smallest absolute Gasteiger partial charge is 0.341 e. The van der Waals surface area contributed by atoms with E-state index in [1.165, 1.54) is 0 Å². The maximum atomic E-state index is 11.8. The standard InChI is InChI=1S/C14H20N2O4/c1-3-19-13(17)11-5-4-7-15-12(11)16-9-14(18)6-8-20-10(14)2/h4-5,7,10,18H,3,6,8-9H2,1-2H3,(H,15,16). The molecule has 2 N–H and O–H groups in total. The number of aliphatic hydroxyl groups is 1. The van der Waals surface area contributed by atoms with Crippen LogP contribution in [0.5, 0.6) is 0 Å². The fourth-order valence-electron chi connectivity index (χ4n) is 2.16. The summed E-state index contributed by atoms with van der Waals surface area (Å²) >= 11 is 0. The number of nitrogens with zero attached hydrogens (tertiary/aromatic N) is 1. The molecule has 1 aromatic heterocycles. The van der Waals surface area contributed by atoms with Gasteiger partial charge in [-0.15, -0.1) is 0 Å². The van der Waals surface area contributed by atoms with Gasteiger partial charge in [0.1, 0.15) is 17.0 Å². The fraction of sp³-hybridized carbons (Fsp3) is 0.571. The lowest BCUT2D eigenvalue weighted by molar-refractivity contribution is -0.0176. The van der Waals surface area contributed by atoms with Crippen LogP contribution in [0.3, 0.4) is 0 Å². The number of anilines is 1. The summed E-state index contributed by atoms with van der Waals surface area (Å²) in [6, 6.07) is 3.32. The van der Waals surface area contributed by atoms with Gasteiger partial charge in [-0.05, 0) is 26.0 Å². The second-order valence-electron chi connectivity index (χ2n) is 4.84. The molecule has 6 heteroatoms. The largest absolute Gasteiger partial charge is 0.462 e. The van der Waals surface area contributed by atoms with Crippen LogP contribution in [-0.2, 0) is 9.47 Å². The predicted molar refractivity (Wildman–Crippen MR) is 73.7 cm³/mol. The minimum absolute atomic E-state index is 0.246. The SMILES string of the molecule is CCOC(=O)c1cccnc1NCC1(O)CCOC1C. The summed E-state index contributed by atoms with van der Waals surface area (Å²) in [6.45, 7) is 4.70. The summed E-state index contributed by atoms with van der Waals surface area (Å²) in [7, 11) is 0. The quantitative estimate of drug-likeness (QED) is 0.789. The first-order chi connectivity index (χ1) is 9.57. The number of carbonyl (C=O) groups is 1. The van der Waals surface area contributed by atoms with E-state index in [9.17, 15) is 9.90 Å². The lowest BCUT2D eigenvalue weighted by Crippen LogP contribution is -2.43. The number of ether oxygens (including phenoxy) is 2. The summed E-state index contributed by atoms with van der Waals surface area (Å²) in [5.74, 6) is -0.00992. The summed E-state index contributed by atoms with van der Waals surface area (Å²) in [5, 5.41) is 13.4. The number of esters is 1. The van der Waals surface area contributed by atoms with Crippen molar-refractivity contribution in [1.29, 1.82) is 0 Å². The highest BCUT2D eigenvalue weighted by molar-refractivity contribution is 5.94. The summed E-state index contributed by atoms with van der Waals surface area (Å²) < 4.78 is 10.4. The number of hydrogen-bond acceptors (Lipinski definition) is 6. The zero-order valence-corrected chi connectivity index (χ0v) is 11.8. The van der Waals surface area contributed by atoms with Crippen molar-refractivity contribution in [2.75, 3.05) is 25.1 Å². The van der Waals surface area contributed by atoms with Crippen LogP contribution in [0.4, 0.5) is 5.82 Å². The molecule has 1 aliphatic heterocycles. The van der Waals surface area contributed by atoms with E-state index in [1.54, 1.807) is 25.3 Å². The molecular formula is C14H20N2O4. The molecule has 0 spiro atoms. The molecule has 0 aliphatic carbocycles. The monoisotopic (exact) mass is 280 g/mol. The molecule has 1 aromatic rings. The van der Waals surface area contributed by atoms with Crippen LogP contribution in [0.1, 0.15) is 30.6 Å². The lowest BCUT2D eigenvalue weighted by Gasteiger charge is -2.26. The van der Waals surface area contributed by atoms with Crippen molar-refractivity contribution in [3.8, 4) is 0 Å². The minimum Gasteiger partial charge on any atom is -0.462 e. The molecule has 1 fully saturated rings. The molecule has 1 saturated heterocycles. The number of pyridine rings is 1. The lowest BCUT2D eigenvalue weighted by atomic mass is 9.96. The normalized spacial score (nSPS) is 25.4. The Kier molecular flexibility index (Phi) is 4.57. The molecule has 0 saturated carbocycles. The van der Waals surface area contributed by atoms with Crippen LogP contribution < -0.4 is 5.32 Å². The van der Waals surface area contributed by atoms with Gasteiger partial charge in [-0.3, -0.25) is 0 Å². The molecule has 0 radical (unpaired) electrons. The van der Waals surface area contributed by atoms with Gasteiger partial charge in [-0.25, -0.2) is 9.78 Å². The molecule has 0 bridgehead atoms. The third kappa shape index (κ3) is 3.08. The van der Waals surface area contributed by atoms with Crippen LogP contribution >= 0.6 is 0 Å². The number of nitrogens with one attached hydrogen (secondary N) is 1. The topological polar surface area (TPSA) is 80.7 Å². The van der Waals surface area contributed by atoms with Crippen LogP contribution in [0.25, 0.3) is 0 Å². The van der Waals surface area contributed by atoms with Gasteiger partial charge in [0.15, 0.2) is 0 Å². The van der Waals surface area contributed by atoms with E-state index in [0.717, 1.165) is 0 Å². The first-order valence-corrected chi connectivity index (χ1v) is 6.77. The molecule has 1 aliphatic rings. The number of hydrogen-bond donors (Lipinski definition) is 2. The Morgan fingerprint density at radius 3 is 3.15 bits per heavy atom. The number of carbonyl (C=O) groups excluding carboxylic acids is 1. The average molecular weight is 280 g/mol. The van der Waals surface area contributed by atoms with Gasteiger partial charge in [0.05, 0.1) is 12.7 Å². The van der Waals surface area contributed by atoms with Crippen LogP contribution in [0.2, 0.25) is 0 Å². The van der Waals surface area contributed by atoms with Crippen LogP contribution in [0.15, 0.2) is 18.3 Å². The Labute approximate surface area is 118 Å². The Bertz CT molecular complexity index is 480. The third-order valence-electron chi connectivity index (χ3n) is 3.52. The van der Waals surface area contributed by atoms with Crippen molar-refractivity contribution in [3.05, 3.63) is 23.9 Å². The summed E-state index contributed by atoms with van der Waals surface area (Å²) in [4.78, 5) is 16.0.